The highest BCUT2D eigenvalue weighted by atomic mass is 32.2. The summed E-state index contributed by atoms with van der Waals surface area (Å²) in [5.74, 6) is -1.87. The fraction of sp³-hybridized carbons (Fsp3) is 0.111. The lowest BCUT2D eigenvalue weighted by atomic mass is 10.3. The highest BCUT2D eigenvalue weighted by Crippen LogP contribution is 2.19. The van der Waals surface area contributed by atoms with E-state index in [1.54, 1.807) is 0 Å². The summed E-state index contributed by atoms with van der Waals surface area (Å²) in [5.41, 5.74) is 4.75. The SMILES string of the molecule is NC(=O)NC(=O)CSc1ncccc1C(=O)O. The Bertz CT molecular complexity index is 463. The number of carboxylic acids is 1. The van der Waals surface area contributed by atoms with Crippen LogP contribution in [0.3, 0.4) is 0 Å². The number of imide groups is 1. The van der Waals surface area contributed by atoms with E-state index < -0.39 is 17.9 Å². The highest BCUT2D eigenvalue weighted by molar-refractivity contribution is 8.00. The number of urea groups is 1. The maximum atomic E-state index is 11.1. The molecule has 0 saturated carbocycles. The van der Waals surface area contributed by atoms with Gasteiger partial charge in [0.15, 0.2) is 0 Å². The largest absolute Gasteiger partial charge is 0.478 e. The van der Waals surface area contributed by atoms with Gasteiger partial charge in [0, 0.05) is 6.20 Å². The predicted molar refractivity (Wildman–Crippen MR) is 59.6 cm³/mol. The minimum atomic E-state index is -1.13. The Balaban J connectivity index is 2.66. The van der Waals surface area contributed by atoms with Crippen LogP contribution in [0.4, 0.5) is 4.79 Å². The average molecular weight is 255 g/mol. The fourth-order valence-electron chi connectivity index (χ4n) is 0.976. The second-order valence-corrected chi connectivity index (χ2v) is 3.83. The van der Waals surface area contributed by atoms with Crippen molar-refractivity contribution in [2.75, 3.05) is 5.75 Å². The number of aromatic nitrogens is 1. The summed E-state index contributed by atoms with van der Waals surface area (Å²) in [6.45, 7) is 0. The molecule has 0 aliphatic rings. The molecule has 1 aromatic rings. The van der Waals surface area contributed by atoms with Crippen LogP contribution >= 0.6 is 11.8 Å². The van der Waals surface area contributed by atoms with Crippen molar-refractivity contribution in [2.24, 2.45) is 5.73 Å². The second kappa shape index (κ2) is 5.85. The molecule has 1 heterocycles. The third-order valence-electron chi connectivity index (χ3n) is 1.60. The number of nitrogens with two attached hydrogens (primary N) is 1. The van der Waals surface area contributed by atoms with Gasteiger partial charge in [-0.2, -0.15) is 0 Å². The van der Waals surface area contributed by atoms with Crippen LogP contribution in [-0.2, 0) is 4.79 Å². The van der Waals surface area contributed by atoms with Gasteiger partial charge in [0.25, 0.3) is 0 Å². The van der Waals surface area contributed by atoms with Gasteiger partial charge in [-0.25, -0.2) is 14.6 Å². The van der Waals surface area contributed by atoms with E-state index in [1.807, 2.05) is 5.32 Å². The monoisotopic (exact) mass is 255 g/mol. The first-order valence-electron chi connectivity index (χ1n) is 4.41. The molecule has 0 unspecified atom stereocenters. The number of carboxylic acid groups (broad SMARTS) is 1. The Morgan fingerprint density at radius 3 is 2.76 bits per heavy atom. The zero-order chi connectivity index (χ0) is 12.8. The third kappa shape index (κ3) is 4.11. The van der Waals surface area contributed by atoms with Gasteiger partial charge in [0.05, 0.1) is 11.3 Å². The summed E-state index contributed by atoms with van der Waals surface area (Å²) in [4.78, 5) is 36.1. The molecule has 0 radical (unpaired) electrons. The van der Waals surface area contributed by atoms with Crippen LogP contribution in [0.2, 0.25) is 0 Å². The first-order chi connectivity index (χ1) is 8.00. The maximum Gasteiger partial charge on any atom is 0.338 e. The van der Waals surface area contributed by atoms with E-state index in [2.05, 4.69) is 4.98 Å². The first kappa shape index (κ1) is 13.0. The summed E-state index contributed by atoms with van der Waals surface area (Å²) in [5, 5.41) is 10.9. The molecule has 17 heavy (non-hydrogen) atoms. The van der Waals surface area contributed by atoms with Gasteiger partial charge in [-0.1, -0.05) is 11.8 Å². The Kier molecular flexibility index (Phi) is 4.46. The molecule has 0 spiro atoms. The smallest absolute Gasteiger partial charge is 0.338 e. The average Bonchev–Trinajstić information content (AvgIpc) is 2.25. The van der Waals surface area contributed by atoms with Crippen LogP contribution in [0.1, 0.15) is 10.4 Å². The molecule has 90 valence electrons. The molecule has 1 rings (SSSR count). The third-order valence-corrected chi connectivity index (χ3v) is 2.61. The topological polar surface area (TPSA) is 122 Å². The number of amides is 3. The van der Waals surface area contributed by atoms with Crippen molar-refractivity contribution in [2.45, 2.75) is 5.03 Å². The Labute approximate surface area is 100 Å². The predicted octanol–water partition coefficient (Wildman–Crippen LogP) is 0.0668. The number of primary amides is 1. The lowest BCUT2D eigenvalue weighted by Gasteiger charge is -2.03. The normalized spacial score (nSPS) is 9.65. The standard InChI is InChI=1S/C9H9N3O4S/c10-9(16)12-6(13)4-17-7-5(8(14)15)2-1-3-11-7/h1-3H,4H2,(H,14,15)(H3,10,12,13,16). The van der Waals surface area contributed by atoms with Gasteiger partial charge in [-0.05, 0) is 12.1 Å². The Hall–Kier alpha value is -2.09. The van der Waals surface area contributed by atoms with Crippen LogP contribution in [0.5, 0.6) is 0 Å². The van der Waals surface area contributed by atoms with Gasteiger partial charge in [0.2, 0.25) is 5.91 Å². The lowest BCUT2D eigenvalue weighted by molar-refractivity contribution is -0.117. The van der Waals surface area contributed by atoms with E-state index in [4.69, 9.17) is 10.8 Å². The summed E-state index contributed by atoms with van der Waals surface area (Å²) in [6.07, 6.45) is 1.42. The quantitative estimate of drug-likeness (QED) is 0.654. The number of nitrogens with one attached hydrogen (secondary N) is 1. The molecule has 3 amide bonds. The first-order valence-corrected chi connectivity index (χ1v) is 5.39. The Morgan fingerprint density at radius 1 is 1.47 bits per heavy atom. The van der Waals surface area contributed by atoms with E-state index >= 15 is 0 Å². The number of hydrogen-bond donors (Lipinski definition) is 3. The van der Waals surface area contributed by atoms with Crippen molar-refractivity contribution in [1.29, 1.82) is 0 Å². The van der Waals surface area contributed by atoms with E-state index in [9.17, 15) is 14.4 Å². The molecule has 0 atom stereocenters. The molecule has 0 saturated heterocycles. The van der Waals surface area contributed by atoms with Crippen LogP contribution in [0.25, 0.3) is 0 Å². The van der Waals surface area contributed by atoms with E-state index in [0.29, 0.717) is 0 Å². The van der Waals surface area contributed by atoms with Crippen molar-refractivity contribution < 1.29 is 19.5 Å². The molecular formula is C9H9N3O4S. The summed E-state index contributed by atoms with van der Waals surface area (Å²) in [6, 6.07) is 1.91. The second-order valence-electron chi connectivity index (χ2n) is 2.86. The molecule has 0 aliphatic carbocycles. The van der Waals surface area contributed by atoms with E-state index in [1.165, 1.54) is 18.3 Å². The minimum absolute atomic E-state index is 0.00405. The van der Waals surface area contributed by atoms with Crippen LogP contribution in [0, 0.1) is 0 Å². The zero-order valence-electron chi connectivity index (χ0n) is 8.54. The van der Waals surface area contributed by atoms with Gasteiger partial charge in [0.1, 0.15) is 5.03 Å². The highest BCUT2D eigenvalue weighted by Gasteiger charge is 2.13. The van der Waals surface area contributed by atoms with E-state index in [-0.39, 0.29) is 16.3 Å². The number of carbonyl (C=O) groups is 3. The molecule has 4 N–H and O–H groups in total. The molecule has 7 nitrogen and oxygen atoms in total. The van der Waals surface area contributed by atoms with Gasteiger partial charge >= 0.3 is 12.0 Å². The van der Waals surface area contributed by atoms with Crippen molar-refractivity contribution >= 4 is 29.7 Å². The Morgan fingerprint density at radius 2 is 2.18 bits per heavy atom. The summed E-state index contributed by atoms with van der Waals surface area (Å²) in [7, 11) is 0. The minimum Gasteiger partial charge on any atom is -0.478 e. The summed E-state index contributed by atoms with van der Waals surface area (Å²) < 4.78 is 0. The molecule has 0 aliphatic heterocycles. The van der Waals surface area contributed by atoms with Crippen molar-refractivity contribution in [3.8, 4) is 0 Å². The number of aromatic carboxylic acids is 1. The van der Waals surface area contributed by atoms with Crippen molar-refractivity contribution in [3.05, 3.63) is 23.9 Å². The summed E-state index contributed by atoms with van der Waals surface area (Å²) >= 11 is 0.914. The van der Waals surface area contributed by atoms with Crippen LogP contribution in [-0.4, -0.2) is 33.8 Å². The van der Waals surface area contributed by atoms with Gasteiger partial charge in [-0.3, -0.25) is 10.1 Å². The maximum absolute atomic E-state index is 11.1. The molecule has 0 fully saturated rings. The van der Waals surface area contributed by atoms with E-state index in [0.717, 1.165) is 11.8 Å². The van der Waals surface area contributed by atoms with Gasteiger partial charge < -0.3 is 10.8 Å². The number of pyridine rings is 1. The molecule has 1 aromatic heterocycles. The van der Waals surface area contributed by atoms with Crippen LogP contribution < -0.4 is 11.1 Å². The number of rotatable bonds is 4. The molecule has 8 heteroatoms. The zero-order valence-corrected chi connectivity index (χ0v) is 9.36. The molecule has 0 bridgehead atoms. The van der Waals surface area contributed by atoms with Gasteiger partial charge in [-0.15, -0.1) is 0 Å². The fourth-order valence-corrected chi connectivity index (χ4v) is 1.76. The number of hydrogen-bond acceptors (Lipinski definition) is 5. The lowest BCUT2D eigenvalue weighted by Crippen LogP contribution is -2.36. The molecule has 0 aromatic carbocycles. The molecular weight excluding hydrogens is 246 g/mol. The number of thioether (sulfide) groups is 1. The van der Waals surface area contributed by atoms with Crippen molar-refractivity contribution in [1.82, 2.24) is 10.3 Å². The number of carbonyl (C=O) groups excluding carboxylic acids is 2. The van der Waals surface area contributed by atoms with Crippen molar-refractivity contribution in [3.63, 3.8) is 0 Å². The van der Waals surface area contributed by atoms with Crippen LogP contribution in [0.15, 0.2) is 23.4 Å². The number of nitrogens with zero attached hydrogens (tertiary/aromatic N) is 1.